The van der Waals surface area contributed by atoms with Crippen LogP contribution in [0.25, 0.3) is 22.2 Å². The molecule has 1 aromatic carbocycles. The lowest BCUT2D eigenvalue weighted by Gasteiger charge is -2.16. The van der Waals surface area contributed by atoms with Gasteiger partial charge in [0.1, 0.15) is 16.4 Å². The van der Waals surface area contributed by atoms with Gasteiger partial charge in [0, 0.05) is 24.7 Å². The number of carboxylic acid groups (broad SMARTS) is 1. The second-order valence-corrected chi connectivity index (χ2v) is 6.40. The molecule has 7 nitrogen and oxygen atoms in total. The zero-order chi connectivity index (χ0) is 19.0. The van der Waals surface area contributed by atoms with Crippen molar-refractivity contribution in [2.75, 3.05) is 7.11 Å². The number of aryl methyl sites for hydroxylation is 1. The maximum atomic E-state index is 14.9. The van der Waals surface area contributed by atoms with Crippen LogP contribution in [0.1, 0.15) is 22.3 Å². The second-order valence-electron chi connectivity index (χ2n) is 5.46. The number of hydrogen-bond acceptors (Lipinski definition) is 6. The number of hydrogen-bond donors (Lipinski definition) is 2. The molecule has 0 spiro atoms. The smallest absolute Gasteiger partial charge is 0.341 e. The fraction of sp³-hybridized carbons (Fsp3) is 0.235. The number of carbonyl (C=O) groups is 1. The molecule has 0 atom stereocenters. The minimum absolute atomic E-state index is 0.0564. The molecule has 136 valence electrons. The van der Waals surface area contributed by atoms with Crippen LogP contribution in [0.2, 0.25) is 0 Å². The summed E-state index contributed by atoms with van der Waals surface area (Å²) < 4.78 is 21.8. The van der Waals surface area contributed by atoms with E-state index in [-0.39, 0.29) is 23.2 Å². The van der Waals surface area contributed by atoms with Crippen LogP contribution in [-0.4, -0.2) is 27.7 Å². The van der Waals surface area contributed by atoms with Crippen molar-refractivity contribution in [2.24, 2.45) is 5.73 Å². The van der Waals surface area contributed by atoms with Crippen LogP contribution in [0.4, 0.5) is 4.39 Å². The predicted molar refractivity (Wildman–Crippen MR) is 96.4 cm³/mol. The number of benzene rings is 1. The van der Waals surface area contributed by atoms with Gasteiger partial charge in [-0.3, -0.25) is 4.79 Å². The Kier molecular flexibility index (Phi) is 4.75. The van der Waals surface area contributed by atoms with Gasteiger partial charge in [-0.25, -0.2) is 14.2 Å². The number of nitrogens with two attached hydrogens (primary N) is 1. The maximum absolute atomic E-state index is 14.9. The van der Waals surface area contributed by atoms with Crippen LogP contribution < -0.4 is 15.9 Å². The summed E-state index contributed by atoms with van der Waals surface area (Å²) in [6.45, 7) is 2.38. The van der Waals surface area contributed by atoms with Gasteiger partial charge in [-0.1, -0.05) is 0 Å². The van der Waals surface area contributed by atoms with Crippen LogP contribution in [0.15, 0.2) is 22.4 Å². The predicted octanol–water partition coefficient (Wildman–Crippen LogP) is 2.45. The molecule has 0 saturated carbocycles. The van der Waals surface area contributed by atoms with E-state index in [2.05, 4.69) is 4.98 Å². The van der Waals surface area contributed by atoms with Gasteiger partial charge in [-0.05, 0) is 13.0 Å². The standard InChI is InChI=1S/C17H16FN3O4S/c1-3-21-6-9(17(23)24)15(22)8-4-10(18)13(16(25-2)14(8)21)11-7-26-12(5-19)20-11/h4,6-7H,3,5,19H2,1-2H3,(H,23,24). The molecule has 0 unspecified atom stereocenters. The van der Waals surface area contributed by atoms with Gasteiger partial charge in [0.2, 0.25) is 5.43 Å². The number of pyridine rings is 1. The third-order valence-corrected chi connectivity index (χ3v) is 4.90. The van der Waals surface area contributed by atoms with Gasteiger partial charge < -0.3 is 20.1 Å². The molecule has 0 amide bonds. The summed E-state index contributed by atoms with van der Waals surface area (Å²) in [5.41, 5.74) is 5.17. The lowest BCUT2D eigenvalue weighted by molar-refractivity contribution is 0.0695. The molecular formula is C17H16FN3O4S. The fourth-order valence-electron chi connectivity index (χ4n) is 2.86. The molecule has 3 aromatic rings. The Labute approximate surface area is 151 Å². The van der Waals surface area contributed by atoms with Gasteiger partial charge in [-0.2, -0.15) is 0 Å². The first-order chi connectivity index (χ1) is 12.4. The fourth-order valence-corrected chi connectivity index (χ4v) is 3.52. The van der Waals surface area contributed by atoms with E-state index in [1.165, 1.54) is 24.6 Å². The summed E-state index contributed by atoms with van der Waals surface area (Å²) >= 11 is 1.29. The summed E-state index contributed by atoms with van der Waals surface area (Å²) in [6, 6.07) is 1.04. The number of aromatic nitrogens is 2. The molecule has 0 fully saturated rings. The van der Waals surface area contributed by atoms with Crippen molar-refractivity contribution < 1.29 is 19.0 Å². The van der Waals surface area contributed by atoms with Gasteiger partial charge in [0.25, 0.3) is 0 Å². The van der Waals surface area contributed by atoms with Gasteiger partial charge >= 0.3 is 5.97 Å². The number of ether oxygens (including phenoxy) is 1. The maximum Gasteiger partial charge on any atom is 0.341 e. The molecule has 26 heavy (non-hydrogen) atoms. The number of rotatable bonds is 5. The van der Waals surface area contributed by atoms with Crippen molar-refractivity contribution >= 4 is 28.2 Å². The van der Waals surface area contributed by atoms with E-state index >= 15 is 0 Å². The molecule has 0 bridgehead atoms. The molecular weight excluding hydrogens is 361 g/mol. The molecule has 3 N–H and O–H groups in total. The molecule has 0 aliphatic rings. The highest BCUT2D eigenvalue weighted by molar-refractivity contribution is 7.09. The average molecular weight is 377 g/mol. The van der Waals surface area contributed by atoms with E-state index in [1.807, 2.05) is 0 Å². The molecule has 3 rings (SSSR count). The Hall–Kier alpha value is -2.78. The summed E-state index contributed by atoms with van der Waals surface area (Å²) in [4.78, 5) is 28.1. The molecule has 2 heterocycles. The molecule has 0 aliphatic heterocycles. The Morgan fingerprint density at radius 1 is 1.50 bits per heavy atom. The highest BCUT2D eigenvalue weighted by Crippen LogP contribution is 2.38. The SMILES string of the molecule is CCn1cc(C(=O)O)c(=O)c2cc(F)c(-c3csc(CN)n3)c(OC)c21. The van der Waals surface area contributed by atoms with Crippen LogP contribution in [0, 0.1) is 5.82 Å². The number of aromatic carboxylic acids is 1. The van der Waals surface area contributed by atoms with Crippen molar-refractivity contribution in [3.05, 3.63) is 44.3 Å². The summed E-state index contributed by atoms with van der Waals surface area (Å²) in [5, 5.41) is 11.5. The number of fused-ring (bicyclic) bond motifs is 1. The number of carboxylic acids is 1. The van der Waals surface area contributed by atoms with Gasteiger partial charge in [0.05, 0.1) is 29.3 Å². The second kappa shape index (κ2) is 6.85. The average Bonchev–Trinajstić information content (AvgIpc) is 3.09. The third kappa shape index (κ3) is 2.74. The van der Waals surface area contributed by atoms with Crippen molar-refractivity contribution in [1.29, 1.82) is 0 Å². The molecule has 0 radical (unpaired) electrons. The van der Waals surface area contributed by atoms with Crippen LogP contribution in [0.5, 0.6) is 5.75 Å². The Morgan fingerprint density at radius 2 is 2.23 bits per heavy atom. The van der Waals surface area contributed by atoms with E-state index in [1.54, 1.807) is 16.9 Å². The van der Waals surface area contributed by atoms with Crippen molar-refractivity contribution in [3.63, 3.8) is 0 Å². The number of thiazole rings is 1. The quantitative estimate of drug-likeness (QED) is 0.707. The normalized spacial score (nSPS) is 11.1. The first-order valence-corrected chi connectivity index (χ1v) is 8.62. The molecule has 9 heteroatoms. The molecule has 0 aliphatic carbocycles. The minimum Gasteiger partial charge on any atom is -0.494 e. The number of methoxy groups -OCH3 is 1. The lowest BCUT2D eigenvalue weighted by atomic mass is 10.0. The highest BCUT2D eigenvalue weighted by Gasteiger charge is 2.24. The zero-order valence-corrected chi connectivity index (χ0v) is 14.9. The van der Waals surface area contributed by atoms with E-state index in [0.29, 0.717) is 22.8 Å². The Morgan fingerprint density at radius 3 is 2.77 bits per heavy atom. The van der Waals surface area contributed by atoms with E-state index in [4.69, 9.17) is 10.5 Å². The number of nitrogens with zero attached hydrogens (tertiary/aromatic N) is 2. The van der Waals surface area contributed by atoms with Gasteiger partial charge in [-0.15, -0.1) is 11.3 Å². The Balaban J connectivity index is 2.46. The van der Waals surface area contributed by atoms with Crippen LogP contribution >= 0.6 is 11.3 Å². The van der Waals surface area contributed by atoms with E-state index in [9.17, 15) is 19.1 Å². The van der Waals surface area contributed by atoms with Crippen molar-refractivity contribution in [3.8, 4) is 17.0 Å². The number of halogens is 1. The largest absolute Gasteiger partial charge is 0.494 e. The molecule has 0 saturated heterocycles. The Bertz CT molecular complexity index is 1070. The first-order valence-electron chi connectivity index (χ1n) is 7.74. The minimum atomic E-state index is -1.37. The van der Waals surface area contributed by atoms with Crippen molar-refractivity contribution in [2.45, 2.75) is 20.0 Å². The van der Waals surface area contributed by atoms with Crippen molar-refractivity contribution in [1.82, 2.24) is 9.55 Å². The third-order valence-electron chi connectivity index (χ3n) is 4.03. The summed E-state index contributed by atoms with van der Waals surface area (Å²) in [5.74, 6) is -1.95. The highest BCUT2D eigenvalue weighted by atomic mass is 32.1. The van der Waals surface area contributed by atoms with Gasteiger partial charge in [0.15, 0.2) is 5.75 Å². The van der Waals surface area contributed by atoms with Crippen LogP contribution in [-0.2, 0) is 13.1 Å². The first kappa shape index (κ1) is 18.0. The van der Waals surface area contributed by atoms with E-state index < -0.39 is 22.8 Å². The summed E-state index contributed by atoms with van der Waals surface area (Å²) in [6.07, 6.45) is 1.24. The van der Waals surface area contributed by atoms with Crippen LogP contribution in [0.3, 0.4) is 0 Å². The van der Waals surface area contributed by atoms with E-state index in [0.717, 1.165) is 6.07 Å². The lowest BCUT2D eigenvalue weighted by Crippen LogP contribution is -2.19. The topological polar surface area (TPSA) is 107 Å². The zero-order valence-electron chi connectivity index (χ0n) is 14.1. The summed E-state index contributed by atoms with van der Waals surface area (Å²) in [7, 11) is 1.36. The monoisotopic (exact) mass is 377 g/mol. The molecule has 2 aromatic heterocycles.